The number of carboxylic acids is 1. The van der Waals surface area contributed by atoms with E-state index in [4.69, 9.17) is 5.11 Å². The molecule has 2 N–H and O–H groups in total. The van der Waals surface area contributed by atoms with E-state index in [1.54, 1.807) is 30.5 Å². The van der Waals surface area contributed by atoms with Gasteiger partial charge in [-0.05, 0) is 26.7 Å². The standard InChI is InChI=1S/C15H24N2O4S/c1-15(2,14(20)21)8-16-12(18)11-7-22-9-17(11)13(19)10-5-3-4-6-10/h10-11H,3-9H2,1-2H3,(H,16,18)(H,20,21). The average Bonchev–Trinajstić information content (AvgIpc) is 3.14. The van der Waals surface area contributed by atoms with Crippen molar-refractivity contribution in [1.29, 1.82) is 0 Å². The number of thioether (sulfide) groups is 1. The molecule has 1 heterocycles. The maximum absolute atomic E-state index is 12.5. The van der Waals surface area contributed by atoms with Crippen molar-refractivity contribution in [1.82, 2.24) is 10.2 Å². The lowest BCUT2D eigenvalue weighted by Gasteiger charge is -2.27. The normalized spacial score (nSPS) is 22.8. The summed E-state index contributed by atoms with van der Waals surface area (Å²) in [5, 5.41) is 11.8. The topological polar surface area (TPSA) is 86.7 Å². The molecule has 1 aliphatic heterocycles. The Morgan fingerprint density at radius 2 is 1.91 bits per heavy atom. The van der Waals surface area contributed by atoms with Crippen LogP contribution in [0.2, 0.25) is 0 Å². The Labute approximate surface area is 135 Å². The van der Waals surface area contributed by atoms with Crippen LogP contribution >= 0.6 is 11.8 Å². The van der Waals surface area contributed by atoms with Crippen molar-refractivity contribution in [2.75, 3.05) is 18.2 Å². The molecule has 1 saturated heterocycles. The van der Waals surface area contributed by atoms with Crippen LogP contribution < -0.4 is 5.32 Å². The summed E-state index contributed by atoms with van der Waals surface area (Å²) in [6.07, 6.45) is 4.00. The van der Waals surface area contributed by atoms with E-state index in [9.17, 15) is 14.4 Å². The summed E-state index contributed by atoms with van der Waals surface area (Å²) in [5.74, 6) is 0.0795. The van der Waals surface area contributed by atoms with Gasteiger partial charge in [-0.3, -0.25) is 14.4 Å². The van der Waals surface area contributed by atoms with Gasteiger partial charge in [0.1, 0.15) is 6.04 Å². The van der Waals surface area contributed by atoms with Gasteiger partial charge in [0.15, 0.2) is 0 Å². The number of nitrogens with one attached hydrogen (secondary N) is 1. The molecule has 6 nitrogen and oxygen atoms in total. The molecule has 2 amide bonds. The zero-order valence-electron chi connectivity index (χ0n) is 13.1. The minimum atomic E-state index is -1.01. The molecule has 0 aromatic carbocycles. The van der Waals surface area contributed by atoms with Gasteiger partial charge in [-0.1, -0.05) is 12.8 Å². The highest BCUT2D eigenvalue weighted by molar-refractivity contribution is 7.99. The Kier molecular flexibility index (Phi) is 5.36. The molecule has 2 rings (SSSR count). The Bertz CT molecular complexity index is 460. The van der Waals surface area contributed by atoms with Gasteiger partial charge in [0.2, 0.25) is 11.8 Å². The molecule has 1 unspecified atom stereocenters. The van der Waals surface area contributed by atoms with E-state index >= 15 is 0 Å². The highest BCUT2D eigenvalue weighted by Crippen LogP contribution is 2.30. The summed E-state index contributed by atoms with van der Waals surface area (Å²) in [7, 11) is 0. The summed E-state index contributed by atoms with van der Waals surface area (Å²) in [4.78, 5) is 37.6. The summed E-state index contributed by atoms with van der Waals surface area (Å²) in [5.41, 5.74) is -1.01. The van der Waals surface area contributed by atoms with Crippen LogP contribution in [0.15, 0.2) is 0 Å². The molecular formula is C15H24N2O4S. The number of carbonyl (C=O) groups excluding carboxylic acids is 2. The fourth-order valence-electron chi connectivity index (χ4n) is 2.79. The first kappa shape index (κ1) is 17.1. The lowest BCUT2D eigenvalue weighted by atomic mass is 9.94. The molecule has 124 valence electrons. The van der Waals surface area contributed by atoms with Gasteiger partial charge in [-0.25, -0.2) is 0 Å². The van der Waals surface area contributed by atoms with Crippen LogP contribution in [0.1, 0.15) is 39.5 Å². The summed E-state index contributed by atoms with van der Waals surface area (Å²) >= 11 is 1.57. The van der Waals surface area contributed by atoms with E-state index in [1.807, 2.05) is 0 Å². The van der Waals surface area contributed by atoms with Crippen LogP contribution in [-0.4, -0.2) is 52.0 Å². The molecule has 2 fully saturated rings. The molecule has 7 heteroatoms. The van der Waals surface area contributed by atoms with Crippen LogP contribution in [0.4, 0.5) is 0 Å². The summed E-state index contributed by atoms with van der Waals surface area (Å²) in [6, 6.07) is -0.470. The Balaban J connectivity index is 1.93. The smallest absolute Gasteiger partial charge is 0.310 e. The molecule has 0 radical (unpaired) electrons. The number of hydrogen-bond acceptors (Lipinski definition) is 4. The first-order chi connectivity index (χ1) is 10.3. The lowest BCUT2D eigenvalue weighted by molar-refractivity contribution is -0.147. The second-order valence-corrected chi connectivity index (χ2v) is 7.71. The number of rotatable bonds is 5. The van der Waals surface area contributed by atoms with Crippen LogP contribution in [-0.2, 0) is 14.4 Å². The van der Waals surface area contributed by atoms with Crippen LogP contribution in [0.3, 0.4) is 0 Å². The van der Waals surface area contributed by atoms with Crippen LogP contribution in [0.25, 0.3) is 0 Å². The molecule has 1 aliphatic carbocycles. The highest BCUT2D eigenvalue weighted by Gasteiger charge is 2.39. The Morgan fingerprint density at radius 3 is 2.50 bits per heavy atom. The minimum Gasteiger partial charge on any atom is -0.481 e. The predicted molar refractivity (Wildman–Crippen MR) is 84.3 cm³/mol. The second-order valence-electron chi connectivity index (χ2n) is 6.71. The monoisotopic (exact) mass is 328 g/mol. The van der Waals surface area contributed by atoms with Gasteiger partial charge in [0.05, 0.1) is 11.3 Å². The molecule has 2 aliphatic rings. The zero-order chi connectivity index (χ0) is 16.3. The third kappa shape index (κ3) is 3.74. The van der Waals surface area contributed by atoms with E-state index in [0.717, 1.165) is 25.7 Å². The minimum absolute atomic E-state index is 0.0597. The molecule has 1 saturated carbocycles. The molecule has 1 atom stereocenters. The average molecular weight is 328 g/mol. The quantitative estimate of drug-likeness (QED) is 0.794. The van der Waals surface area contributed by atoms with Crippen LogP contribution in [0.5, 0.6) is 0 Å². The third-order valence-corrected chi connectivity index (χ3v) is 5.47. The Morgan fingerprint density at radius 1 is 1.27 bits per heavy atom. The summed E-state index contributed by atoms with van der Waals surface area (Å²) in [6.45, 7) is 3.20. The van der Waals surface area contributed by atoms with Crippen molar-refractivity contribution in [3.05, 3.63) is 0 Å². The maximum Gasteiger partial charge on any atom is 0.310 e. The molecule has 0 bridgehead atoms. The van der Waals surface area contributed by atoms with Crippen molar-refractivity contribution in [2.24, 2.45) is 11.3 Å². The van der Waals surface area contributed by atoms with Gasteiger partial charge in [-0.15, -0.1) is 11.8 Å². The van der Waals surface area contributed by atoms with Crippen molar-refractivity contribution in [3.8, 4) is 0 Å². The van der Waals surface area contributed by atoms with Gasteiger partial charge >= 0.3 is 5.97 Å². The van der Waals surface area contributed by atoms with E-state index in [-0.39, 0.29) is 24.3 Å². The van der Waals surface area contributed by atoms with Crippen LogP contribution in [0, 0.1) is 11.3 Å². The van der Waals surface area contributed by atoms with E-state index in [0.29, 0.717) is 11.6 Å². The fraction of sp³-hybridized carbons (Fsp3) is 0.800. The predicted octanol–water partition coefficient (Wildman–Crippen LogP) is 1.31. The highest BCUT2D eigenvalue weighted by atomic mass is 32.2. The van der Waals surface area contributed by atoms with Crippen molar-refractivity contribution >= 4 is 29.5 Å². The molecule has 0 aromatic rings. The van der Waals surface area contributed by atoms with E-state index < -0.39 is 17.4 Å². The molecular weight excluding hydrogens is 304 g/mol. The van der Waals surface area contributed by atoms with Crippen molar-refractivity contribution in [3.63, 3.8) is 0 Å². The van der Waals surface area contributed by atoms with Crippen molar-refractivity contribution < 1.29 is 19.5 Å². The molecule has 0 spiro atoms. The second kappa shape index (κ2) is 6.89. The number of carbonyl (C=O) groups is 3. The van der Waals surface area contributed by atoms with Gasteiger partial charge in [-0.2, -0.15) is 0 Å². The van der Waals surface area contributed by atoms with E-state index in [1.165, 1.54) is 0 Å². The third-order valence-electron chi connectivity index (χ3n) is 4.46. The number of carboxylic acid groups (broad SMARTS) is 1. The van der Waals surface area contributed by atoms with Crippen molar-refractivity contribution in [2.45, 2.75) is 45.6 Å². The molecule has 0 aromatic heterocycles. The fourth-order valence-corrected chi connectivity index (χ4v) is 3.95. The first-order valence-corrected chi connectivity index (χ1v) is 8.88. The zero-order valence-corrected chi connectivity index (χ0v) is 13.9. The Hall–Kier alpha value is -1.24. The number of nitrogens with zero attached hydrogens (tertiary/aromatic N) is 1. The lowest BCUT2D eigenvalue weighted by Crippen LogP contribution is -2.51. The molecule has 22 heavy (non-hydrogen) atoms. The number of aliphatic carboxylic acids is 1. The van der Waals surface area contributed by atoms with E-state index in [2.05, 4.69) is 5.32 Å². The SMILES string of the molecule is CC(C)(CNC(=O)C1CSCN1C(=O)C1CCCC1)C(=O)O. The van der Waals surface area contributed by atoms with Gasteiger partial charge in [0.25, 0.3) is 0 Å². The maximum atomic E-state index is 12.5. The van der Waals surface area contributed by atoms with Gasteiger partial charge < -0.3 is 15.3 Å². The number of hydrogen-bond donors (Lipinski definition) is 2. The van der Waals surface area contributed by atoms with Gasteiger partial charge in [0, 0.05) is 18.2 Å². The number of amides is 2. The largest absolute Gasteiger partial charge is 0.481 e. The first-order valence-electron chi connectivity index (χ1n) is 7.72. The summed E-state index contributed by atoms with van der Waals surface area (Å²) < 4.78 is 0.